The van der Waals surface area contributed by atoms with E-state index in [2.05, 4.69) is 10.3 Å². The fraction of sp³-hybridized carbons (Fsp3) is 0.464. The molecule has 228 valence electrons. The molecular weight excluding hydrogens is 608 g/mol. The number of likely N-dealkylation sites (tertiary alicyclic amines) is 1. The molecule has 0 radical (unpaired) electrons. The number of fused-ring (bicyclic) bond motifs is 1. The van der Waals surface area contributed by atoms with Crippen molar-refractivity contribution >= 4 is 49.8 Å². The molecule has 10 nitrogen and oxygen atoms in total. The minimum Gasteiger partial charge on any atom is -0.355 e. The van der Waals surface area contributed by atoms with Crippen molar-refractivity contribution in [3.05, 3.63) is 72.1 Å². The Kier molecular flexibility index (Phi) is 10.1. The van der Waals surface area contributed by atoms with Gasteiger partial charge in [0.25, 0.3) is 5.56 Å². The maximum atomic E-state index is 15.5. The number of benzene rings is 2. The van der Waals surface area contributed by atoms with E-state index in [1.54, 1.807) is 0 Å². The molecule has 2 aromatic carbocycles. The van der Waals surface area contributed by atoms with Gasteiger partial charge in [-0.3, -0.25) is 19.1 Å². The molecule has 2 heterocycles. The van der Waals surface area contributed by atoms with Crippen molar-refractivity contribution in [3.63, 3.8) is 0 Å². The first-order valence-electron chi connectivity index (χ1n) is 13.6. The molecule has 42 heavy (non-hydrogen) atoms. The minimum atomic E-state index is -3.68. The Labute approximate surface area is 253 Å². The Morgan fingerprint density at radius 3 is 2.62 bits per heavy atom. The van der Waals surface area contributed by atoms with Crippen LogP contribution in [0.4, 0.5) is 4.39 Å². The SMILES string of the molecule is CCS(=O)(=O)c1ccc(Cl)cc1Cn1c(=O)[nH]c2c(Cl)c(CN3CCC[C@@H](C(=O)NCCN(C)C)C3)c(F)cc2c1=O. The molecule has 1 aliphatic heterocycles. The molecule has 0 saturated carbocycles. The first kappa shape index (κ1) is 32.2. The number of amides is 1. The first-order valence-corrected chi connectivity index (χ1v) is 16.0. The van der Waals surface area contributed by atoms with Crippen LogP contribution in [0.25, 0.3) is 10.9 Å². The summed E-state index contributed by atoms with van der Waals surface area (Å²) >= 11 is 12.7. The maximum absolute atomic E-state index is 15.5. The van der Waals surface area contributed by atoms with Gasteiger partial charge >= 0.3 is 5.69 Å². The topological polar surface area (TPSA) is 125 Å². The number of carbonyl (C=O) groups excluding carboxylic acids is 1. The molecule has 1 aromatic heterocycles. The molecule has 0 aliphatic carbocycles. The van der Waals surface area contributed by atoms with E-state index in [0.717, 1.165) is 30.0 Å². The van der Waals surface area contributed by atoms with Gasteiger partial charge in [0.1, 0.15) is 5.82 Å². The van der Waals surface area contributed by atoms with Crippen LogP contribution in [-0.2, 0) is 27.7 Å². The summed E-state index contributed by atoms with van der Waals surface area (Å²) < 4.78 is 41.5. The molecule has 14 heteroatoms. The fourth-order valence-electron chi connectivity index (χ4n) is 5.14. The second-order valence-electron chi connectivity index (χ2n) is 10.7. The third-order valence-electron chi connectivity index (χ3n) is 7.45. The summed E-state index contributed by atoms with van der Waals surface area (Å²) in [6, 6.07) is 5.16. The van der Waals surface area contributed by atoms with E-state index in [4.69, 9.17) is 23.2 Å². The average Bonchev–Trinajstić information content (AvgIpc) is 2.94. The van der Waals surface area contributed by atoms with E-state index in [0.29, 0.717) is 19.6 Å². The van der Waals surface area contributed by atoms with E-state index in [9.17, 15) is 22.8 Å². The first-order chi connectivity index (χ1) is 19.8. The average molecular weight is 643 g/mol. The van der Waals surface area contributed by atoms with E-state index in [1.807, 2.05) is 23.9 Å². The van der Waals surface area contributed by atoms with E-state index < -0.39 is 33.4 Å². The predicted molar refractivity (Wildman–Crippen MR) is 162 cm³/mol. The monoisotopic (exact) mass is 641 g/mol. The molecule has 1 atom stereocenters. The van der Waals surface area contributed by atoms with Gasteiger partial charge in [0.15, 0.2) is 9.84 Å². The van der Waals surface area contributed by atoms with Crippen LogP contribution in [0.3, 0.4) is 0 Å². The second-order valence-corrected chi connectivity index (χ2v) is 13.8. The number of nitrogens with one attached hydrogen (secondary N) is 2. The van der Waals surface area contributed by atoms with Crippen molar-refractivity contribution in [3.8, 4) is 0 Å². The number of piperidine rings is 1. The molecule has 1 amide bonds. The van der Waals surface area contributed by atoms with Crippen molar-refractivity contribution in [2.75, 3.05) is 46.0 Å². The van der Waals surface area contributed by atoms with Crippen molar-refractivity contribution in [2.24, 2.45) is 5.92 Å². The summed E-state index contributed by atoms with van der Waals surface area (Å²) in [7, 11) is 0.166. The third kappa shape index (κ3) is 7.05. The highest BCUT2D eigenvalue weighted by molar-refractivity contribution is 7.91. The number of sulfone groups is 1. The highest BCUT2D eigenvalue weighted by atomic mass is 35.5. The lowest BCUT2D eigenvalue weighted by Gasteiger charge is -2.32. The zero-order valence-corrected chi connectivity index (χ0v) is 26.0. The van der Waals surface area contributed by atoms with Crippen molar-refractivity contribution in [1.29, 1.82) is 0 Å². The molecular formula is C28H34Cl2FN5O5S. The lowest BCUT2D eigenvalue weighted by Crippen LogP contribution is -2.44. The fourth-order valence-corrected chi connectivity index (χ4v) is 6.74. The van der Waals surface area contributed by atoms with Crippen molar-refractivity contribution < 1.29 is 17.6 Å². The number of H-pyrrole nitrogens is 1. The summed E-state index contributed by atoms with van der Waals surface area (Å²) in [5.74, 6) is -1.21. The number of likely N-dealkylation sites (N-methyl/N-ethyl adjacent to an activating group) is 1. The molecule has 0 unspecified atom stereocenters. The lowest BCUT2D eigenvalue weighted by molar-refractivity contribution is -0.126. The minimum absolute atomic E-state index is 0.0122. The normalized spacial score (nSPS) is 16.3. The standard InChI is InChI=1S/C28H34Cl2FN5O5S/c1-4-42(40,41)23-8-7-19(29)12-18(23)15-36-27(38)20-13-22(31)21(24(30)25(20)33-28(36)39)16-35-10-5-6-17(14-35)26(37)32-9-11-34(2)3/h7-8,12-13,17H,4-6,9-11,14-16H2,1-3H3,(H,32,37)(H,33,39)/t17-/m1/s1. The van der Waals surface area contributed by atoms with Crippen LogP contribution >= 0.6 is 23.2 Å². The third-order valence-corrected chi connectivity index (χ3v) is 9.93. The number of nitrogens with zero attached hydrogens (tertiary/aromatic N) is 3. The Hall–Kier alpha value is -2.77. The number of hydrogen-bond donors (Lipinski definition) is 2. The maximum Gasteiger partial charge on any atom is 0.329 e. The van der Waals surface area contributed by atoms with E-state index >= 15 is 4.39 Å². The summed E-state index contributed by atoms with van der Waals surface area (Å²) in [5.41, 5.74) is -1.41. The smallest absolute Gasteiger partial charge is 0.329 e. The predicted octanol–water partition coefficient (Wildman–Crippen LogP) is 2.87. The second kappa shape index (κ2) is 13.3. The van der Waals surface area contributed by atoms with Crippen LogP contribution in [0.5, 0.6) is 0 Å². The number of hydrogen-bond acceptors (Lipinski definition) is 7. The number of carbonyl (C=O) groups is 1. The van der Waals surface area contributed by atoms with Gasteiger partial charge in [-0.2, -0.15) is 0 Å². The summed E-state index contributed by atoms with van der Waals surface area (Å²) in [5, 5.41) is 2.93. The van der Waals surface area contributed by atoms with Gasteiger partial charge in [0.2, 0.25) is 5.91 Å². The van der Waals surface area contributed by atoms with Gasteiger partial charge in [0.05, 0.1) is 39.0 Å². The van der Waals surface area contributed by atoms with E-state index in [-0.39, 0.29) is 61.1 Å². The molecule has 0 bridgehead atoms. The number of rotatable bonds is 10. The molecule has 3 aromatic rings. The van der Waals surface area contributed by atoms with Crippen LogP contribution in [0.2, 0.25) is 10.0 Å². The Balaban J connectivity index is 1.63. The number of aromatic amines is 1. The molecule has 2 N–H and O–H groups in total. The van der Waals surface area contributed by atoms with Crippen molar-refractivity contribution in [2.45, 2.75) is 37.8 Å². The van der Waals surface area contributed by atoms with Gasteiger partial charge in [-0.25, -0.2) is 17.6 Å². The summed E-state index contributed by atoms with van der Waals surface area (Å²) in [4.78, 5) is 45.6. The molecule has 1 fully saturated rings. The Bertz CT molecular complexity index is 1720. The van der Waals surface area contributed by atoms with Gasteiger partial charge < -0.3 is 15.2 Å². The highest BCUT2D eigenvalue weighted by Gasteiger charge is 2.28. The van der Waals surface area contributed by atoms with Crippen LogP contribution in [0, 0.1) is 11.7 Å². The summed E-state index contributed by atoms with van der Waals surface area (Å²) in [6.45, 7) is 3.48. The van der Waals surface area contributed by atoms with Crippen molar-refractivity contribution in [1.82, 2.24) is 24.7 Å². The van der Waals surface area contributed by atoms with E-state index in [1.165, 1.54) is 25.1 Å². The lowest BCUT2D eigenvalue weighted by atomic mass is 9.96. The Morgan fingerprint density at radius 1 is 1.19 bits per heavy atom. The van der Waals surface area contributed by atoms with Gasteiger partial charge in [-0.1, -0.05) is 30.1 Å². The number of halogens is 3. The zero-order valence-electron chi connectivity index (χ0n) is 23.7. The molecule has 1 saturated heterocycles. The molecule has 1 aliphatic rings. The number of aromatic nitrogens is 2. The Morgan fingerprint density at radius 2 is 1.93 bits per heavy atom. The zero-order chi connectivity index (χ0) is 30.8. The van der Waals surface area contributed by atoms with Crippen LogP contribution in [-0.4, -0.2) is 79.7 Å². The van der Waals surface area contributed by atoms with Crippen LogP contribution in [0.15, 0.2) is 38.8 Å². The largest absolute Gasteiger partial charge is 0.355 e. The highest BCUT2D eigenvalue weighted by Crippen LogP contribution is 2.29. The van der Waals surface area contributed by atoms with Gasteiger partial charge in [0, 0.05) is 36.8 Å². The van der Waals surface area contributed by atoms with Gasteiger partial charge in [-0.05, 0) is 63.3 Å². The van der Waals surface area contributed by atoms with Crippen LogP contribution < -0.4 is 16.6 Å². The summed E-state index contributed by atoms with van der Waals surface area (Å²) in [6.07, 6.45) is 1.47. The van der Waals surface area contributed by atoms with Crippen LogP contribution in [0.1, 0.15) is 30.9 Å². The van der Waals surface area contributed by atoms with Gasteiger partial charge in [-0.15, -0.1) is 0 Å². The molecule has 4 rings (SSSR count). The molecule has 0 spiro atoms. The quantitative estimate of drug-likeness (QED) is 0.349.